The van der Waals surface area contributed by atoms with Crippen molar-refractivity contribution >= 4 is 51.1 Å². The van der Waals surface area contributed by atoms with Gasteiger partial charge in [-0.25, -0.2) is 0 Å². The van der Waals surface area contributed by atoms with E-state index in [0.717, 1.165) is 12.8 Å². The maximum absolute atomic E-state index is 12.4. The van der Waals surface area contributed by atoms with Crippen molar-refractivity contribution in [3.8, 4) is 0 Å². The van der Waals surface area contributed by atoms with Crippen molar-refractivity contribution in [2.75, 3.05) is 6.61 Å². The predicted octanol–water partition coefficient (Wildman–Crippen LogP) is 4.13. The van der Waals surface area contributed by atoms with E-state index in [2.05, 4.69) is 25.5 Å². The highest BCUT2D eigenvalue weighted by molar-refractivity contribution is 7.84. The zero-order valence-corrected chi connectivity index (χ0v) is 19.6. The van der Waals surface area contributed by atoms with Crippen molar-refractivity contribution in [2.45, 2.75) is 75.2 Å². The number of rotatable bonds is 4. The van der Waals surface area contributed by atoms with Crippen LogP contribution in [0.15, 0.2) is 0 Å². The highest BCUT2D eigenvalue weighted by Gasteiger charge is 2.64. The monoisotopic (exact) mass is 475 g/mol. The summed E-state index contributed by atoms with van der Waals surface area (Å²) >= 11 is 16.8. The highest BCUT2D eigenvalue weighted by Crippen LogP contribution is 2.65. The fourth-order valence-corrected chi connectivity index (χ4v) is 7.66. The van der Waals surface area contributed by atoms with Crippen molar-refractivity contribution in [3.63, 3.8) is 0 Å². The third-order valence-corrected chi connectivity index (χ3v) is 8.44. The maximum Gasteiger partial charge on any atom is 0.336 e. The van der Waals surface area contributed by atoms with Crippen LogP contribution in [-0.2, 0) is 24.0 Å². The molecule has 0 spiro atoms. The summed E-state index contributed by atoms with van der Waals surface area (Å²) < 4.78 is 36.1. The van der Waals surface area contributed by atoms with Gasteiger partial charge in [0.15, 0.2) is 0 Å². The summed E-state index contributed by atoms with van der Waals surface area (Å²) in [4.78, 5) is 12.1. The molecular formula is C18H28Cl3NO5S. The average molecular weight is 477 g/mol. The summed E-state index contributed by atoms with van der Waals surface area (Å²) in [6.07, 6.45) is 3.45. The molecule has 2 saturated carbocycles. The molecule has 0 amide bonds. The first-order valence-corrected chi connectivity index (χ1v) is 12.1. The van der Waals surface area contributed by atoms with Crippen LogP contribution in [0.5, 0.6) is 0 Å². The number of hydrogen-bond acceptors (Lipinski definition) is 5. The van der Waals surface area contributed by atoms with Gasteiger partial charge in [0.1, 0.15) is 12.2 Å². The van der Waals surface area contributed by atoms with Crippen LogP contribution < -0.4 is 4.72 Å². The first-order valence-electron chi connectivity index (χ1n) is 9.52. The van der Waals surface area contributed by atoms with Crippen molar-refractivity contribution in [1.82, 2.24) is 4.72 Å². The van der Waals surface area contributed by atoms with Gasteiger partial charge in [-0.05, 0) is 49.4 Å². The number of fused-ring (bicyclic) bond motifs is 3. The molecule has 1 N–H and O–H groups in total. The van der Waals surface area contributed by atoms with Crippen LogP contribution >= 0.6 is 34.8 Å². The second kappa shape index (κ2) is 7.13. The second-order valence-corrected chi connectivity index (χ2v) is 13.6. The first-order chi connectivity index (χ1) is 12.6. The second-order valence-electron chi connectivity index (χ2n) is 9.68. The van der Waals surface area contributed by atoms with Crippen LogP contribution in [0.25, 0.3) is 0 Å². The number of carbonyl (C=O) groups excluding carboxylic acids is 1. The lowest BCUT2D eigenvalue weighted by atomic mass is 9.45. The van der Waals surface area contributed by atoms with E-state index >= 15 is 0 Å². The normalized spacial score (nSPS) is 40.5. The van der Waals surface area contributed by atoms with Gasteiger partial charge < -0.3 is 4.74 Å². The van der Waals surface area contributed by atoms with Crippen LogP contribution in [-0.4, -0.2) is 36.4 Å². The van der Waals surface area contributed by atoms with Gasteiger partial charge in [-0.2, -0.15) is 13.1 Å². The third-order valence-electron chi connectivity index (χ3n) is 7.07. The van der Waals surface area contributed by atoms with Crippen molar-refractivity contribution in [1.29, 1.82) is 0 Å². The number of ether oxygens (including phenoxy) is 1. The molecule has 1 saturated heterocycles. The van der Waals surface area contributed by atoms with Gasteiger partial charge >= 0.3 is 16.3 Å². The van der Waals surface area contributed by atoms with E-state index in [-0.39, 0.29) is 28.8 Å². The predicted molar refractivity (Wildman–Crippen MR) is 109 cm³/mol. The van der Waals surface area contributed by atoms with Crippen LogP contribution in [0.4, 0.5) is 0 Å². The molecule has 3 rings (SSSR count). The summed E-state index contributed by atoms with van der Waals surface area (Å²) in [6, 6.07) is -0.338. The molecule has 0 aromatic heterocycles. The topological polar surface area (TPSA) is 81.7 Å². The van der Waals surface area contributed by atoms with Crippen molar-refractivity contribution in [2.24, 2.45) is 22.7 Å². The summed E-state index contributed by atoms with van der Waals surface area (Å²) in [6.45, 7) is 7.95. The summed E-state index contributed by atoms with van der Waals surface area (Å²) in [5.41, 5.74) is -0.823. The van der Waals surface area contributed by atoms with Gasteiger partial charge in [-0.1, -0.05) is 55.6 Å². The number of hydrogen-bond donors (Lipinski definition) is 1. The van der Waals surface area contributed by atoms with Gasteiger partial charge in [0.05, 0.1) is 6.42 Å². The molecule has 3 fully saturated rings. The standard InChI is InChI=1S/C18H28Cl3NO5S/c1-15(2)8-11(22-28(24,25)26-10-18(19,20)21)9-16(3)12(15)5-6-17(4)13(16)7-14(23)27-17/h11-13,22H,5-10H2,1-4H3/t11-,12-,13+,16-,17+/m0/s1. The fraction of sp³-hybridized carbons (Fsp3) is 0.944. The largest absolute Gasteiger partial charge is 0.459 e. The number of carbonyl (C=O) groups is 1. The SMILES string of the molecule is CC1(C)C[C@H](NS(=O)(=O)OCC(Cl)(Cl)Cl)C[C@]2(C)[C@H]3CC(=O)O[C@]3(C)CC[C@@H]12. The molecule has 5 atom stereocenters. The Kier molecular flexibility index (Phi) is 5.83. The molecular weight excluding hydrogens is 449 g/mol. The fourth-order valence-electron chi connectivity index (χ4n) is 6.33. The minimum absolute atomic E-state index is 0.0555. The number of esters is 1. The van der Waals surface area contributed by atoms with Crippen molar-refractivity contribution in [3.05, 3.63) is 0 Å². The van der Waals surface area contributed by atoms with Gasteiger partial charge in [0.2, 0.25) is 3.79 Å². The molecule has 0 radical (unpaired) electrons. The Morgan fingerprint density at radius 1 is 1.18 bits per heavy atom. The number of nitrogens with one attached hydrogen (secondary N) is 1. The molecule has 1 heterocycles. The molecule has 162 valence electrons. The maximum atomic E-state index is 12.4. The third kappa shape index (κ3) is 4.45. The van der Waals surface area contributed by atoms with E-state index in [4.69, 9.17) is 43.7 Å². The summed E-state index contributed by atoms with van der Waals surface area (Å²) in [5.74, 6) is 0.260. The van der Waals surface area contributed by atoms with Gasteiger partial charge in [-0.15, -0.1) is 0 Å². The van der Waals surface area contributed by atoms with Crippen LogP contribution in [0.1, 0.15) is 59.8 Å². The molecule has 0 unspecified atom stereocenters. The van der Waals surface area contributed by atoms with E-state index in [1.807, 2.05) is 6.92 Å². The zero-order chi connectivity index (χ0) is 21.2. The van der Waals surface area contributed by atoms with E-state index < -0.39 is 26.3 Å². The lowest BCUT2D eigenvalue weighted by molar-refractivity contribution is -0.166. The highest BCUT2D eigenvalue weighted by atomic mass is 35.6. The Morgan fingerprint density at radius 2 is 1.82 bits per heavy atom. The van der Waals surface area contributed by atoms with E-state index in [1.54, 1.807) is 0 Å². The van der Waals surface area contributed by atoms with Crippen LogP contribution in [0.2, 0.25) is 0 Å². The molecule has 1 aliphatic heterocycles. The Labute approximate surface area is 182 Å². The van der Waals surface area contributed by atoms with Crippen molar-refractivity contribution < 1.29 is 22.1 Å². The smallest absolute Gasteiger partial charge is 0.336 e. The Bertz CT molecular complexity index is 753. The molecule has 10 heteroatoms. The van der Waals surface area contributed by atoms with E-state index in [0.29, 0.717) is 25.2 Å². The number of halogens is 3. The lowest BCUT2D eigenvalue weighted by Crippen LogP contribution is -2.60. The molecule has 0 bridgehead atoms. The molecule has 28 heavy (non-hydrogen) atoms. The Morgan fingerprint density at radius 3 is 2.43 bits per heavy atom. The zero-order valence-electron chi connectivity index (χ0n) is 16.6. The molecule has 2 aliphatic carbocycles. The average Bonchev–Trinajstić information content (AvgIpc) is 2.78. The number of alkyl halides is 3. The van der Waals surface area contributed by atoms with Gasteiger partial charge in [0.25, 0.3) is 0 Å². The van der Waals surface area contributed by atoms with E-state index in [1.165, 1.54) is 0 Å². The van der Waals surface area contributed by atoms with Crippen LogP contribution in [0, 0.1) is 22.7 Å². The minimum atomic E-state index is -4.08. The van der Waals surface area contributed by atoms with Crippen LogP contribution in [0.3, 0.4) is 0 Å². The summed E-state index contributed by atoms with van der Waals surface area (Å²) in [5, 5.41) is 0. The quantitative estimate of drug-likeness (QED) is 0.487. The Hall–Kier alpha value is 0.210. The van der Waals surface area contributed by atoms with Gasteiger partial charge in [-0.3, -0.25) is 8.98 Å². The summed E-state index contributed by atoms with van der Waals surface area (Å²) in [7, 11) is -4.08. The first kappa shape index (κ1) is 22.9. The molecule has 6 nitrogen and oxygen atoms in total. The molecule has 0 aromatic carbocycles. The van der Waals surface area contributed by atoms with E-state index in [9.17, 15) is 13.2 Å². The van der Waals surface area contributed by atoms with Gasteiger partial charge in [0, 0.05) is 12.0 Å². The Balaban J connectivity index is 1.83. The minimum Gasteiger partial charge on any atom is -0.459 e. The molecule has 3 aliphatic rings. The molecule has 0 aromatic rings. The lowest BCUT2D eigenvalue weighted by Gasteiger charge is -2.61.